The maximum Gasteiger partial charge on any atom is 0.328 e. The van der Waals surface area contributed by atoms with E-state index < -0.39 is 17.4 Å². The lowest BCUT2D eigenvalue weighted by Gasteiger charge is -2.29. The predicted octanol–water partition coefficient (Wildman–Crippen LogP) is 4.44. The molecule has 5 nitrogen and oxygen atoms in total. The molecule has 0 amide bonds. The summed E-state index contributed by atoms with van der Waals surface area (Å²) in [7, 11) is 0. The number of esters is 2. The average molecular weight is 398 g/mol. The fourth-order valence-corrected chi connectivity index (χ4v) is 3.26. The minimum Gasteiger partial charge on any atom is -0.465 e. The highest BCUT2D eigenvalue weighted by molar-refractivity contribution is 6.06. The first kappa shape index (κ1) is 22.6. The van der Waals surface area contributed by atoms with Crippen molar-refractivity contribution in [2.75, 3.05) is 19.8 Å². The lowest BCUT2D eigenvalue weighted by atomic mass is 9.76. The Labute approximate surface area is 173 Å². The number of unbranched alkanes of at least 4 members (excludes halogenated alkanes) is 1. The number of hydrogen-bond acceptors (Lipinski definition) is 5. The molecule has 0 atom stereocenters. The molecule has 29 heavy (non-hydrogen) atoms. The molecule has 0 aliphatic heterocycles. The van der Waals surface area contributed by atoms with Crippen molar-refractivity contribution in [1.29, 1.82) is 0 Å². The highest BCUT2D eigenvalue weighted by atomic mass is 16.6. The fourth-order valence-electron chi connectivity index (χ4n) is 3.26. The van der Waals surface area contributed by atoms with Crippen LogP contribution in [0.5, 0.6) is 0 Å². The van der Waals surface area contributed by atoms with Crippen LogP contribution in [0.1, 0.15) is 44.2 Å². The molecule has 0 unspecified atom stereocenters. The number of carbonyl (C=O) groups is 2. The summed E-state index contributed by atoms with van der Waals surface area (Å²) in [6.45, 7) is 4.96. The molecule has 0 N–H and O–H groups in total. The summed E-state index contributed by atoms with van der Waals surface area (Å²) in [6.07, 6.45) is 1.66. The van der Waals surface area contributed by atoms with Gasteiger partial charge in [0.25, 0.3) is 0 Å². The van der Waals surface area contributed by atoms with Crippen molar-refractivity contribution in [3.8, 4) is 0 Å². The number of benzene rings is 2. The predicted molar refractivity (Wildman–Crippen MR) is 111 cm³/mol. The number of carbonyl (C=O) groups excluding carboxylic acids is 2. The number of hydrogen-bond donors (Lipinski definition) is 0. The van der Waals surface area contributed by atoms with Crippen LogP contribution in [0.4, 0.5) is 0 Å². The molecule has 0 aliphatic rings. The fraction of sp³-hybridized carbons (Fsp3) is 0.417. The van der Waals surface area contributed by atoms with Gasteiger partial charge in [0.15, 0.2) is 5.41 Å². The van der Waals surface area contributed by atoms with Gasteiger partial charge in [0, 0.05) is 6.61 Å². The average Bonchev–Trinajstić information content (AvgIpc) is 2.75. The molecule has 5 heteroatoms. The summed E-state index contributed by atoms with van der Waals surface area (Å²) in [5, 5.41) is 0. The van der Waals surface area contributed by atoms with E-state index >= 15 is 0 Å². The molecular weight excluding hydrogens is 368 g/mol. The molecule has 2 aromatic carbocycles. The second-order valence-corrected chi connectivity index (χ2v) is 6.71. The Morgan fingerprint density at radius 3 is 1.90 bits per heavy atom. The molecule has 156 valence electrons. The minimum absolute atomic E-state index is 0.201. The zero-order valence-electron chi connectivity index (χ0n) is 17.3. The number of rotatable bonds is 12. The van der Waals surface area contributed by atoms with Crippen LogP contribution in [0.25, 0.3) is 0 Å². The van der Waals surface area contributed by atoms with E-state index in [1.807, 2.05) is 48.5 Å². The quantitative estimate of drug-likeness (QED) is 0.301. The van der Waals surface area contributed by atoms with E-state index in [0.29, 0.717) is 31.6 Å². The number of ether oxygens (including phenoxy) is 3. The monoisotopic (exact) mass is 398 g/mol. The van der Waals surface area contributed by atoms with Gasteiger partial charge in [-0.1, -0.05) is 60.7 Å². The van der Waals surface area contributed by atoms with Crippen molar-refractivity contribution >= 4 is 11.9 Å². The lowest BCUT2D eigenvalue weighted by Crippen LogP contribution is -2.46. The van der Waals surface area contributed by atoms with Crippen molar-refractivity contribution in [2.45, 2.75) is 45.1 Å². The van der Waals surface area contributed by atoms with Crippen LogP contribution in [0, 0.1) is 0 Å². The molecule has 0 radical (unpaired) electrons. The van der Waals surface area contributed by atoms with Crippen molar-refractivity contribution in [2.24, 2.45) is 0 Å². The van der Waals surface area contributed by atoms with Crippen LogP contribution in [0.3, 0.4) is 0 Å². The van der Waals surface area contributed by atoms with Crippen molar-refractivity contribution in [3.63, 3.8) is 0 Å². The van der Waals surface area contributed by atoms with Crippen LogP contribution in [-0.2, 0) is 35.8 Å². The van der Waals surface area contributed by atoms with E-state index in [1.54, 1.807) is 26.0 Å². The first-order valence-corrected chi connectivity index (χ1v) is 10.2. The molecule has 2 rings (SSSR count). The van der Waals surface area contributed by atoms with Crippen LogP contribution in [0.2, 0.25) is 0 Å². The van der Waals surface area contributed by atoms with Gasteiger partial charge in [-0.05, 0) is 44.2 Å². The standard InChI is InChI=1S/C24H30O5/c1-3-28-22(25)24(23(26)29-4-2,21-15-9-6-10-16-21)17-11-12-18-27-19-20-13-7-5-8-14-20/h5-10,13-16H,3-4,11-12,17-19H2,1-2H3. The third-order valence-electron chi connectivity index (χ3n) is 4.72. The van der Waals surface area contributed by atoms with E-state index in [9.17, 15) is 9.59 Å². The summed E-state index contributed by atoms with van der Waals surface area (Å²) in [6, 6.07) is 19.0. The Hall–Kier alpha value is -2.66. The molecule has 0 spiro atoms. The summed E-state index contributed by atoms with van der Waals surface area (Å²) in [4.78, 5) is 25.9. The van der Waals surface area contributed by atoms with Gasteiger partial charge in [-0.25, -0.2) is 0 Å². The summed E-state index contributed by atoms with van der Waals surface area (Å²) >= 11 is 0. The largest absolute Gasteiger partial charge is 0.465 e. The molecule has 0 bridgehead atoms. The van der Waals surface area contributed by atoms with Crippen molar-refractivity contribution in [1.82, 2.24) is 0 Å². The second kappa shape index (κ2) is 12.0. The van der Waals surface area contributed by atoms with Gasteiger partial charge in [-0.2, -0.15) is 0 Å². The van der Waals surface area contributed by atoms with Crippen LogP contribution in [0.15, 0.2) is 60.7 Å². The normalized spacial score (nSPS) is 11.1. The van der Waals surface area contributed by atoms with E-state index in [2.05, 4.69) is 0 Å². The molecule has 0 saturated carbocycles. The molecule has 0 heterocycles. The Morgan fingerprint density at radius 1 is 0.793 bits per heavy atom. The zero-order valence-corrected chi connectivity index (χ0v) is 17.3. The summed E-state index contributed by atoms with van der Waals surface area (Å²) < 4.78 is 16.3. The molecule has 0 saturated heterocycles. The van der Waals surface area contributed by atoms with E-state index in [4.69, 9.17) is 14.2 Å². The Balaban J connectivity index is 2.06. The van der Waals surface area contributed by atoms with E-state index in [1.165, 1.54) is 0 Å². The Morgan fingerprint density at radius 2 is 1.34 bits per heavy atom. The smallest absolute Gasteiger partial charge is 0.328 e. The second-order valence-electron chi connectivity index (χ2n) is 6.71. The maximum absolute atomic E-state index is 12.9. The van der Waals surface area contributed by atoms with Crippen LogP contribution in [-0.4, -0.2) is 31.8 Å². The third-order valence-corrected chi connectivity index (χ3v) is 4.72. The van der Waals surface area contributed by atoms with E-state index in [0.717, 1.165) is 12.0 Å². The van der Waals surface area contributed by atoms with Crippen LogP contribution < -0.4 is 0 Å². The minimum atomic E-state index is -1.45. The first-order chi connectivity index (χ1) is 14.1. The summed E-state index contributed by atoms with van der Waals surface area (Å²) in [5.41, 5.74) is 0.262. The van der Waals surface area contributed by atoms with Gasteiger partial charge in [0.05, 0.1) is 19.8 Å². The highest BCUT2D eigenvalue weighted by Crippen LogP contribution is 2.33. The van der Waals surface area contributed by atoms with Gasteiger partial charge in [-0.3, -0.25) is 9.59 Å². The molecule has 0 aliphatic carbocycles. The molecule has 0 aromatic heterocycles. The molecule has 2 aromatic rings. The lowest BCUT2D eigenvalue weighted by molar-refractivity contribution is -0.165. The Kier molecular flexibility index (Phi) is 9.38. The summed E-state index contributed by atoms with van der Waals surface area (Å²) in [5.74, 6) is -1.12. The first-order valence-electron chi connectivity index (χ1n) is 10.2. The van der Waals surface area contributed by atoms with Crippen molar-refractivity contribution in [3.05, 3.63) is 71.8 Å². The van der Waals surface area contributed by atoms with Crippen LogP contribution >= 0.6 is 0 Å². The molecule has 0 fully saturated rings. The Bertz CT molecular complexity index is 724. The highest BCUT2D eigenvalue weighted by Gasteiger charge is 2.49. The maximum atomic E-state index is 12.9. The van der Waals surface area contributed by atoms with Gasteiger partial charge in [-0.15, -0.1) is 0 Å². The van der Waals surface area contributed by atoms with Gasteiger partial charge >= 0.3 is 11.9 Å². The van der Waals surface area contributed by atoms with E-state index in [-0.39, 0.29) is 13.2 Å². The topological polar surface area (TPSA) is 61.8 Å². The zero-order chi connectivity index (χ0) is 21.0. The molecular formula is C24H30O5. The van der Waals surface area contributed by atoms with Gasteiger partial charge in [0.2, 0.25) is 0 Å². The van der Waals surface area contributed by atoms with Gasteiger partial charge < -0.3 is 14.2 Å². The third kappa shape index (κ3) is 6.16. The van der Waals surface area contributed by atoms with Gasteiger partial charge in [0.1, 0.15) is 0 Å². The van der Waals surface area contributed by atoms with Crippen molar-refractivity contribution < 1.29 is 23.8 Å². The SMILES string of the molecule is CCOC(=O)C(CCCCOCc1ccccc1)(C(=O)OCC)c1ccccc1.